The van der Waals surface area contributed by atoms with Gasteiger partial charge in [-0.25, -0.2) is 9.59 Å². The summed E-state index contributed by atoms with van der Waals surface area (Å²) in [6.07, 6.45) is 2.40. The van der Waals surface area contributed by atoms with Crippen LogP contribution < -0.4 is 5.32 Å². The molecule has 1 N–H and O–H groups in total. The van der Waals surface area contributed by atoms with Gasteiger partial charge in [-0.3, -0.25) is 9.59 Å². The van der Waals surface area contributed by atoms with Crippen LogP contribution in [-0.4, -0.2) is 56.0 Å². The summed E-state index contributed by atoms with van der Waals surface area (Å²) in [6, 6.07) is 4.19. The molecule has 1 aliphatic heterocycles. The largest absolute Gasteiger partial charge is 0.465 e. The minimum atomic E-state index is -0.639. The zero-order valence-corrected chi connectivity index (χ0v) is 15.3. The number of esters is 2. The number of ether oxygens (including phenoxy) is 2. The number of likely N-dealkylation sites (tertiary alicyclic amines) is 1. The number of nitrogens with zero attached hydrogens (tertiary/aromatic N) is 1. The normalized spacial score (nSPS) is 19.0. The van der Waals surface area contributed by atoms with E-state index in [1.54, 1.807) is 4.90 Å². The maximum Gasteiger partial charge on any atom is 0.339 e. The van der Waals surface area contributed by atoms with E-state index in [0.29, 0.717) is 19.0 Å². The number of carbonyl (C=O) groups excluding carboxylic acids is 4. The van der Waals surface area contributed by atoms with Crippen molar-refractivity contribution in [2.24, 2.45) is 11.8 Å². The molecule has 1 aromatic carbocycles. The number of anilines is 1. The van der Waals surface area contributed by atoms with Crippen LogP contribution in [0, 0.1) is 11.8 Å². The van der Waals surface area contributed by atoms with Gasteiger partial charge in [-0.1, -0.05) is 0 Å². The van der Waals surface area contributed by atoms with E-state index >= 15 is 0 Å². The van der Waals surface area contributed by atoms with Crippen LogP contribution in [0.2, 0.25) is 0 Å². The van der Waals surface area contributed by atoms with Crippen LogP contribution in [0.15, 0.2) is 18.2 Å². The molecule has 8 heteroatoms. The summed E-state index contributed by atoms with van der Waals surface area (Å²) in [5.41, 5.74) is 0.471. The number of nitrogens with one attached hydrogen (secondary N) is 1. The maximum absolute atomic E-state index is 12.7. The predicted octanol–water partition coefficient (Wildman–Crippen LogP) is 1.46. The second kappa shape index (κ2) is 7.77. The first-order chi connectivity index (χ1) is 12.9. The van der Waals surface area contributed by atoms with Gasteiger partial charge in [0.2, 0.25) is 11.8 Å². The molecule has 144 valence electrons. The fraction of sp³-hybridized carbons (Fsp3) is 0.474. The smallest absolute Gasteiger partial charge is 0.339 e. The number of hydrogen-bond donors (Lipinski definition) is 1. The average molecular weight is 374 g/mol. The Morgan fingerprint density at radius 2 is 1.85 bits per heavy atom. The number of rotatable bonds is 6. The number of benzene rings is 1. The third kappa shape index (κ3) is 4.27. The quantitative estimate of drug-likeness (QED) is 0.757. The number of amides is 2. The van der Waals surface area contributed by atoms with Gasteiger partial charge < -0.3 is 19.7 Å². The van der Waals surface area contributed by atoms with Crippen LogP contribution in [-0.2, 0) is 19.1 Å². The first-order valence-electron chi connectivity index (χ1n) is 8.82. The number of carbonyl (C=O) groups is 4. The summed E-state index contributed by atoms with van der Waals surface area (Å²) in [4.78, 5) is 50.2. The topological polar surface area (TPSA) is 102 Å². The first kappa shape index (κ1) is 18.9. The Kier molecular flexibility index (Phi) is 5.43. The standard InChI is InChI=1S/C19H22N2O6/c1-26-18(24)12-5-6-14(19(25)27-2)15(7-12)20-17(23)13-8-16(22)21(10-13)9-11-3-4-11/h5-7,11,13H,3-4,8-10H2,1-2H3,(H,20,23)/t13-/m1/s1. The Hall–Kier alpha value is -2.90. The molecule has 0 aromatic heterocycles. The van der Waals surface area contributed by atoms with Crippen LogP contribution >= 0.6 is 0 Å². The van der Waals surface area contributed by atoms with Crippen molar-refractivity contribution in [3.8, 4) is 0 Å². The second-order valence-electron chi connectivity index (χ2n) is 6.88. The van der Waals surface area contributed by atoms with E-state index in [1.807, 2.05) is 0 Å². The fourth-order valence-corrected chi connectivity index (χ4v) is 3.15. The van der Waals surface area contributed by atoms with Gasteiger partial charge in [-0.2, -0.15) is 0 Å². The molecule has 1 saturated carbocycles. The zero-order chi connectivity index (χ0) is 19.6. The average Bonchev–Trinajstić information content (AvgIpc) is 3.41. The molecular formula is C19H22N2O6. The highest BCUT2D eigenvalue weighted by atomic mass is 16.5. The molecule has 8 nitrogen and oxygen atoms in total. The number of methoxy groups -OCH3 is 2. The third-order valence-corrected chi connectivity index (χ3v) is 4.86. The predicted molar refractivity (Wildman–Crippen MR) is 95.2 cm³/mol. The Balaban J connectivity index is 1.76. The molecule has 1 aromatic rings. The molecule has 27 heavy (non-hydrogen) atoms. The highest BCUT2D eigenvalue weighted by molar-refractivity contribution is 6.05. The van der Waals surface area contributed by atoms with Crippen molar-refractivity contribution in [2.45, 2.75) is 19.3 Å². The minimum absolute atomic E-state index is 0.0291. The highest BCUT2D eigenvalue weighted by Gasteiger charge is 2.37. The Morgan fingerprint density at radius 1 is 1.15 bits per heavy atom. The van der Waals surface area contributed by atoms with Crippen molar-refractivity contribution in [3.63, 3.8) is 0 Å². The SMILES string of the molecule is COC(=O)c1ccc(C(=O)OC)c(NC(=O)[C@@H]2CC(=O)N(CC3CC3)C2)c1. The Bertz CT molecular complexity index is 786. The molecular weight excluding hydrogens is 352 g/mol. The highest BCUT2D eigenvalue weighted by Crippen LogP contribution is 2.32. The molecule has 0 radical (unpaired) electrons. The minimum Gasteiger partial charge on any atom is -0.465 e. The molecule has 3 rings (SSSR count). The van der Waals surface area contributed by atoms with Gasteiger partial charge in [0.15, 0.2) is 0 Å². The molecule has 0 spiro atoms. The van der Waals surface area contributed by atoms with E-state index in [9.17, 15) is 19.2 Å². The summed E-state index contributed by atoms with van der Waals surface area (Å²) in [5, 5.41) is 2.67. The van der Waals surface area contributed by atoms with Crippen molar-refractivity contribution in [3.05, 3.63) is 29.3 Å². The lowest BCUT2D eigenvalue weighted by molar-refractivity contribution is -0.128. The van der Waals surface area contributed by atoms with Crippen molar-refractivity contribution >= 4 is 29.4 Å². The lowest BCUT2D eigenvalue weighted by atomic mass is 10.1. The summed E-state index contributed by atoms with van der Waals surface area (Å²) in [7, 11) is 2.47. The summed E-state index contributed by atoms with van der Waals surface area (Å²) >= 11 is 0. The van der Waals surface area contributed by atoms with Gasteiger partial charge in [0.05, 0.1) is 37.0 Å². The van der Waals surface area contributed by atoms with E-state index in [0.717, 1.165) is 12.8 Å². The van der Waals surface area contributed by atoms with Crippen molar-refractivity contribution in [1.82, 2.24) is 4.90 Å². The summed E-state index contributed by atoms with van der Waals surface area (Å²) < 4.78 is 9.40. The van der Waals surface area contributed by atoms with Crippen LogP contribution in [0.1, 0.15) is 40.0 Å². The molecule has 0 bridgehead atoms. The number of hydrogen-bond acceptors (Lipinski definition) is 6. The first-order valence-corrected chi connectivity index (χ1v) is 8.82. The molecule has 0 unspecified atom stereocenters. The van der Waals surface area contributed by atoms with Crippen LogP contribution in [0.25, 0.3) is 0 Å². The van der Waals surface area contributed by atoms with Crippen molar-refractivity contribution < 1.29 is 28.7 Å². The van der Waals surface area contributed by atoms with Gasteiger partial charge in [0.25, 0.3) is 0 Å². The van der Waals surface area contributed by atoms with E-state index < -0.39 is 17.9 Å². The van der Waals surface area contributed by atoms with E-state index in [-0.39, 0.29) is 35.0 Å². The van der Waals surface area contributed by atoms with Crippen molar-refractivity contribution in [2.75, 3.05) is 32.6 Å². The lowest BCUT2D eigenvalue weighted by Gasteiger charge is -2.16. The van der Waals surface area contributed by atoms with Gasteiger partial charge >= 0.3 is 11.9 Å². The van der Waals surface area contributed by atoms with E-state index in [2.05, 4.69) is 10.1 Å². The summed E-state index contributed by atoms with van der Waals surface area (Å²) in [5.74, 6) is -1.57. The van der Waals surface area contributed by atoms with Gasteiger partial charge in [0.1, 0.15) is 0 Å². The maximum atomic E-state index is 12.7. The second-order valence-corrected chi connectivity index (χ2v) is 6.88. The molecule has 2 amide bonds. The Morgan fingerprint density at radius 3 is 2.48 bits per heavy atom. The van der Waals surface area contributed by atoms with Crippen LogP contribution in [0.4, 0.5) is 5.69 Å². The van der Waals surface area contributed by atoms with Crippen LogP contribution in [0.3, 0.4) is 0 Å². The third-order valence-electron chi connectivity index (χ3n) is 4.86. The Labute approximate surface area is 156 Å². The van der Waals surface area contributed by atoms with Gasteiger partial charge in [-0.05, 0) is 37.0 Å². The van der Waals surface area contributed by atoms with Gasteiger partial charge in [0, 0.05) is 19.5 Å². The molecule has 2 aliphatic rings. The lowest BCUT2D eigenvalue weighted by Crippen LogP contribution is -2.30. The molecule has 2 fully saturated rings. The monoisotopic (exact) mass is 374 g/mol. The zero-order valence-electron chi connectivity index (χ0n) is 15.3. The van der Waals surface area contributed by atoms with Gasteiger partial charge in [-0.15, -0.1) is 0 Å². The van der Waals surface area contributed by atoms with Crippen molar-refractivity contribution in [1.29, 1.82) is 0 Å². The fourth-order valence-electron chi connectivity index (χ4n) is 3.15. The molecule has 1 atom stereocenters. The molecule has 1 heterocycles. The van der Waals surface area contributed by atoms with E-state index in [4.69, 9.17) is 4.74 Å². The van der Waals surface area contributed by atoms with E-state index in [1.165, 1.54) is 32.4 Å². The van der Waals surface area contributed by atoms with Crippen LogP contribution in [0.5, 0.6) is 0 Å². The molecule has 1 aliphatic carbocycles. The summed E-state index contributed by atoms with van der Waals surface area (Å²) in [6.45, 7) is 1.07. The molecule has 1 saturated heterocycles.